The van der Waals surface area contributed by atoms with E-state index in [1.807, 2.05) is 0 Å². The molecule has 1 aliphatic rings. The first-order valence-electron chi connectivity index (χ1n) is 6.99. The van der Waals surface area contributed by atoms with E-state index in [1.165, 1.54) is 0 Å². The summed E-state index contributed by atoms with van der Waals surface area (Å²) in [5.74, 6) is 1.01. The minimum Gasteiger partial charge on any atom is -0.482 e. The molecule has 0 aromatic heterocycles. The van der Waals surface area contributed by atoms with Gasteiger partial charge in [0.05, 0.1) is 5.69 Å². The summed E-state index contributed by atoms with van der Waals surface area (Å²) in [5.41, 5.74) is 0.649. The van der Waals surface area contributed by atoms with Crippen molar-refractivity contribution in [2.45, 2.75) is 44.8 Å². The lowest BCUT2D eigenvalue weighted by atomic mass is 9.87. The fourth-order valence-electron chi connectivity index (χ4n) is 2.50. The molecule has 0 aliphatic heterocycles. The molecule has 0 saturated heterocycles. The summed E-state index contributed by atoms with van der Waals surface area (Å²) in [7, 11) is 0. The van der Waals surface area contributed by atoms with Crippen LogP contribution < -0.4 is 10.1 Å². The smallest absolute Gasteiger partial charge is 0.422 e. The van der Waals surface area contributed by atoms with E-state index < -0.39 is 12.8 Å². The van der Waals surface area contributed by atoms with Gasteiger partial charge in [-0.1, -0.05) is 19.1 Å². The van der Waals surface area contributed by atoms with Gasteiger partial charge in [-0.05, 0) is 43.7 Å². The number of hydrogen-bond acceptors (Lipinski definition) is 2. The van der Waals surface area contributed by atoms with E-state index in [2.05, 4.69) is 12.2 Å². The standard InChI is InChI=1S/C15H20F3NO/c1-11-6-8-12(9-7-11)19-13-4-2-3-5-14(13)20-10-15(16,17)18/h2-5,11-12,19H,6-10H2,1H3. The van der Waals surface area contributed by atoms with E-state index in [4.69, 9.17) is 4.74 Å². The minimum atomic E-state index is -4.31. The van der Waals surface area contributed by atoms with Crippen molar-refractivity contribution in [1.29, 1.82) is 0 Å². The highest BCUT2D eigenvalue weighted by atomic mass is 19.4. The normalized spacial score (nSPS) is 23.4. The average Bonchev–Trinajstić information content (AvgIpc) is 2.39. The molecule has 1 N–H and O–H groups in total. The third kappa shape index (κ3) is 4.62. The summed E-state index contributed by atoms with van der Waals surface area (Å²) in [6, 6.07) is 7.14. The third-order valence-corrected chi connectivity index (χ3v) is 3.65. The molecule has 0 unspecified atom stereocenters. The first-order chi connectivity index (χ1) is 9.44. The number of rotatable bonds is 4. The molecule has 2 rings (SSSR count). The van der Waals surface area contributed by atoms with Gasteiger partial charge in [0, 0.05) is 6.04 Å². The lowest BCUT2D eigenvalue weighted by Gasteiger charge is -2.28. The second kappa shape index (κ2) is 6.37. The first-order valence-corrected chi connectivity index (χ1v) is 6.99. The Kier molecular flexibility index (Phi) is 4.78. The van der Waals surface area contributed by atoms with Gasteiger partial charge in [0.25, 0.3) is 0 Å². The van der Waals surface area contributed by atoms with Gasteiger partial charge in [0.15, 0.2) is 6.61 Å². The van der Waals surface area contributed by atoms with E-state index >= 15 is 0 Å². The zero-order valence-corrected chi connectivity index (χ0v) is 11.5. The van der Waals surface area contributed by atoms with Gasteiger partial charge in [-0.25, -0.2) is 0 Å². The molecular weight excluding hydrogens is 267 g/mol. The molecule has 1 saturated carbocycles. The van der Waals surface area contributed by atoms with Gasteiger partial charge in [-0.3, -0.25) is 0 Å². The molecule has 0 atom stereocenters. The predicted molar refractivity (Wildman–Crippen MR) is 73.0 cm³/mol. The molecule has 0 radical (unpaired) electrons. The Bertz CT molecular complexity index is 425. The van der Waals surface area contributed by atoms with E-state index in [0.29, 0.717) is 11.7 Å². The van der Waals surface area contributed by atoms with Crippen molar-refractivity contribution in [2.24, 2.45) is 5.92 Å². The maximum Gasteiger partial charge on any atom is 0.422 e. The summed E-state index contributed by atoms with van der Waals surface area (Å²) < 4.78 is 41.6. The molecule has 20 heavy (non-hydrogen) atoms. The topological polar surface area (TPSA) is 21.3 Å². The summed E-state index contributed by atoms with van der Waals surface area (Å²) in [6.45, 7) is 0.976. The Morgan fingerprint density at radius 1 is 1.15 bits per heavy atom. The second-order valence-corrected chi connectivity index (χ2v) is 5.50. The van der Waals surface area contributed by atoms with Crippen molar-refractivity contribution in [3.8, 4) is 5.75 Å². The molecule has 0 heterocycles. The highest BCUT2D eigenvalue weighted by Gasteiger charge is 2.29. The lowest BCUT2D eigenvalue weighted by molar-refractivity contribution is -0.153. The SMILES string of the molecule is CC1CCC(Nc2ccccc2OCC(F)(F)F)CC1. The molecule has 2 nitrogen and oxygen atoms in total. The Morgan fingerprint density at radius 3 is 2.45 bits per heavy atom. The van der Waals surface area contributed by atoms with Crippen molar-refractivity contribution in [3.05, 3.63) is 24.3 Å². The fourth-order valence-corrected chi connectivity index (χ4v) is 2.50. The van der Waals surface area contributed by atoms with Gasteiger partial charge in [-0.2, -0.15) is 13.2 Å². The number of nitrogens with one attached hydrogen (secondary N) is 1. The van der Waals surface area contributed by atoms with Gasteiger partial charge in [0.1, 0.15) is 5.75 Å². The van der Waals surface area contributed by atoms with Crippen LogP contribution in [0.1, 0.15) is 32.6 Å². The van der Waals surface area contributed by atoms with Gasteiger partial charge in [-0.15, -0.1) is 0 Å². The number of halogens is 3. The van der Waals surface area contributed by atoms with Crippen molar-refractivity contribution in [1.82, 2.24) is 0 Å². The minimum absolute atomic E-state index is 0.267. The maximum atomic E-state index is 12.2. The second-order valence-electron chi connectivity index (χ2n) is 5.50. The van der Waals surface area contributed by atoms with E-state index in [9.17, 15) is 13.2 Å². The Hall–Kier alpha value is -1.39. The Morgan fingerprint density at radius 2 is 1.80 bits per heavy atom. The van der Waals surface area contributed by atoms with Gasteiger partial charge in [0.2, 0.25) is 0 Å². The third-order valence-electron chi connectivity index (χ3n) is 3.65. The number of anilines is 1. The van der Waals surface area contributed by atoms with Crippen LogP contribution in [0.15, 0.2) is 24.3 Å². The van der Waals surface area contributed by atoms with Crippen LogP contribution in [0.2, 0.25) is 0 Å². The van der Waals surface area contributed by atoms with Gasteiger partial charge >= 0.3 is 6.18 Å². The van der Waals surface area contributed by atoms with Crippen LogP contribution in [-0.4, -0.2) is 18.8 Å². The predicted octanol–water partition coefficient (Wildman–Crippen LogP) is 4.62. The molecule has 1 fully saturated rings. The van der Waals surface area contributed by atoms with Crippen LogP contribution in [0.4, 0.5) is 18.9 Å². The van der Waals surface area contributed by atoms with Crippen molar-refractivity contribution < 1.29 is 17.9 Å². The maximum absolute atomic E-state index is 12.2. The van der Waals surface area contributed by atoms with Crippen LogP contribution in [0.25, 0.3) is 0 Å². The van der Waals surface area contributed by atoms with E-state index in [0.717, 1.165) is 31.6 Å². The highest BCUT2D eigenvalue weighted by molar-refractivity contribution is 5.56. The molecule has 0 amide bonds. The molecule has 112 valence electrons. The Labute approximate surface area is 117 Å². The summed E-state index contributed by atoms with van der Waals surface area (Å²) in [5, 5.41) is 3.31. The lowest BCUT2D eigenvalue weighted by Crippen LogP contribution is -2.26. The number of hydrogen-bond donors (Lipinski definition) is 1. The van der Waals surface area contributed by atoms with E-state index in [-0.39, 0.29) is 5.75 Å². The monoisotopic (exact) mass is 287 g/mol. The zero-order chi connectivity index (χ0) is 14.6. The van der Waals surface area contributed by atoms with Crippen LogP contribution in [0.5, 0.6) is 5.75 Å². The molecule has 0 spiro atoms. The fraction of sp³-hybridized carbons (Fsp3) is 0.600. The summed E-state index contributed by atoms with van der Waals surface area (Å²) in [6.07, 6.45) is 0.101. The molecule has 5 heteroatoms. The summed E-state index contributed by atoms with van der Waals surface area (Å²) in [4.78, 5) is 0. The quantitative estimate of drug-likeness (QED) is 0.872. The van der Waals surface area contributed by atoms with Crippen molar-refractivity contribution >= 4 is 5.69 Å². The van der Waals surface area contributed by atoms with Crippen molar-refractivity contribution in [2.75, 3.05) is 11.9 Å². The van der Waals surface area contributed by atoms with Crippen LogP contribution >= 0.6 is 0 Å². The summed E-state index contributed by atoms with van der Waals surface area (Å²) >= 11 is 0. The zero-order valence-electron chi connectivity index (χ0n) is 11.5. The van der Waals surface area contributed by atoms with E-state index in [1.54, 1.807) is 24.3 Å². The number of benzene rings is 1. The Balaban J connectivity index is 1.97. The van der Waals surface area contributed by atoms with Gasteiger partial charge < -0.3 is 10.1 Å². The van der Waals surface area contributed by atoms with Crippen LogP contribution in [0, 0.1) is 5.92 Å². The largest absolute Gasteiger partial charge is 0.482 e. The first kappa shape index (κ1) is 15.0. The number of alkyl halides is 3. The molecule has 1 aliphatic carbocycles. The van der Waals surface area contributed by atoms with Crippen molar-refractivity contribution in [3.63, 3.8) is 0 Å². The molecular formula is C15H20F3NO. The highest BCUT2D eigenvalue weighted by Crippen LogP contribution is 2.31. The molecule has 1 aromatic carbocycles. The van der Waals surface area contributed by atoms with Crippen LogP contribution in [-0.2, 0) is 0 Å². The number of ether oxygens (including phenoxy) is 1. The molecule has 1 aromatic rings. The number of para-hydroxylation sites is 2. The molecule has 0 bridgehead atoms. The average molecular weight is 287 g/mol. The van der Waals surface area contributed by atoms with Crippen LogP contribution in [0.3, 0.4) is 0 Å².